The SMILES string of the molecule is Cc1cccc(Oc2ccc(NC(=O)NCCCN3CCOCC3)cc2)c1. The van der Waals surface area contributed by atoms with Crippen LogP contribution in [-0.4, -0.2) is 50.3 Å². The van der Waals surface area contributed by atoms with Crippen LogP contribution in [-0.2, 0) is 4.74 Å². The summed E-state index contributed by atoms with van der Waals surface area (Å²) in [5.41, 5.74) is 1.88. The first kappa shape index (κ1) is 19.2. The molecule has 0 bridgehead atoms. The molecule has 0 aromatic heterocycles. The molecule has 1 aliphatic heterocycles. The topological polar surface area (TPSA) is 62.8 Å². The van der Waals surface area contributed by atoms with Crippen molar-refractivity contribution < 1.29 is 14.3 Å². The first-order valence-corrected chi connectivity index (χ1v) is 9.38. The van der Waals surface area contributed by atoms with E-state index < -0.39 is 0 Å². The van der Waals surface area contributed by atoms with Crippen molar-refractivity contribution in [2.24, 2.45) is 0 Å². The van der Waals surface area contributed by atoms with Gasteiger partial charge in [0, 0.05) is 25.3 Å². The number of amides is 2. The molecule has 0 saturated carbocycles. The van der Waals surface area contributed by atoms with Crippen LogP contribution in [0.25, 0.3) is 0 Å². The van der Waals surface area contributed by atoms with Gasteiger partial charge in [-0.1, -0.05) is 12.1 Å². The van der Waals surface area contributed by atoms with E-state index in [1.165, 1.54) is 0 Å². The Labute approximate surface area is 160 Å². The summed E-state index contributed by atoms with van der Waals surface area (Å²) >= 11 is 0. The summed E-state index contributed by atoms with van der Waals surface area (Å²) in [7, 11) is 0. The van der Waals surface area contributed by atoms with E-state index in [2.05, 4.69) is 15.5 Å². The number of urea groups is 1. The molecule has 0 spiro atoms. The number of aryl methyl sites for hydroxylation is 1. The molecule has 2 N–H and O–H groups in total. The van der Waals surface area contributed by atoms with E-state index in [1.807, 2.05) is 55.5 Å². The summed E-state index contributed by atoms with van der Waals surface area (Å²) < 4.78 is 11.1. The molecule has 0 unspecified atom stereocenters. The fourth-order valence-electron chi connectivity index (χ4n) is 2.93. The van der Waals surface area contributed by atoms with Gasteiger partial charge in [-0.2, -0.15) is 0 Å². The van der Waals surface area contributed by atoms with E-state index in [1.54, 1.807) is 0 Å². The maximum absolute atomic E-state index is 12.0. The minimum absolute atomic E-state index is 0.190. The number of hydrogen-bond acceptors (Lipinski definition) is 4. The number of morpholine rings is 1. The normalized spacial score (nSPS) is 14.6. The van der Waals surface area contributed by atoms with Crippen molar-refractivity contribution in [1.29, 1.82) is 0 Å². The molecule has 2 aromatic carbocycles. The number of benzene rings is 2. The Morgan fingerprint density at radius 1 is 1.11 bits per heavy atom. The molecular formula is C21H27N3O3. The van der Waals surface area contributed by atoms with Crippen molar-refractivity contribution in [3.05, 3.63) is 54.1 Å². The third-order valence-electron chi connectivity index (χ3n) is 4.38. The summed E-state index contributed by atoms with van der Waals surface area (Å²) in [5.74, 6) is 1.53. The average molecular weight is 369 g/mol. The molecule has 6 heteroatoms. The minimum Gasteiger partial charge on any atom is -0.457 e. The quantitative estimate of drug-likeness (QED) is 0.732. The number of carbonyl (C=O) groups excluding carboxylic acids is 1. The molecule has 0 aliphatic carbocycles. The highest BCUT2D eigenvalue weighted by atomic mass is 16.5. The Balaban J connectivity index is 1.37. The maximum atomic E-state index is 12.0. The number of carbonyl (C=O) groups is 1. The summed E-state index contributed by atoms with van der Waals surface area (Å²) in [4.78, 5) is 14.3. The number of anilines is 1. The summed E-state index contributed by atoms with van der Waals surface area (Å²) in [6, 6.07) is 15.1. The first-order valence-electron chi connectivity index (χ1n) is 9.38. The predicted octanol–water partition coefficient (Wildman–Crippen LogP) is 3.63. The third kappa shape index (κ3) is 6.58. The summed E-state index contributed by atoms with van der Waals surface area (Å²) in [6.07, 6.45) is 0.927. The van der Waals surface area contributed by atoms with Gasteiger partial charge in [0.05, 0.1) is 13.2 Å². The van der Waals surface area contributed by atoms with Crippen LogP contribution in [0, 0.1) is 6.92 Å². The van der Waals surface area contributed by atoms with Crippen LogP contribution in [0.4, 0.5) is 10.5 Å². The molecule has 0 radical (unpaired) electrons. The number of nitrogens with one attached hydrogen (secondary N) is 2. The summed E-state index contributed by atoms with van der Waals surface area (Å²) in [5, 5.41) is 5.73. The van der Waals surface area contributed by atoms with Gasteiger partial charge in [0.25, 0.3) is 0 Å². The van der Waals surface area contributed by atoms with Crippen LogP contribution in [0.2, 0.25) is 0 Å². The van der Waals surface area contributed by atoms with Crippen LogP contribution in [0.1, 0.15) is 12.0 Å². The van der Waals surface area contributed by atoms with E-state index in [9.17, 15) is 4.79 Å². The zero-order chi connectivity index (χ0) is 18.9. The Morgan fingerprint density at radius 3 is 2.63 bits per heavy atom. The highest BCUT2D eigenvalue weighted by Crippen LogP contribution is 2.23. The lowest BCUT2D eigenvalue weighted by molar-refractivity contribution is 0.0375. The van der Waals surface area contributed by atoms with Gasteiger partial charge in [-0.3, -0.25) is 4.90 Å². The molecule has 2 amide bonds. The number of ether oxygens (including phenoxy) is 2. The van der Waals surface area contributed by atoms with Crippen molar-refractivity contribution in [2.45, 2.75) is 13.3 Å². The largest absolute Gasteiger partial charge is 0.457 e. The minimum atomic E-state index is -0.190. The molecule has 0 atom stereocenters. The molecule has 1 heterocycles. The molecule has 144 valence electrons. The average Bonchev–Trinajstić information content (AvgIpc) is 2.68. The third-order valence-corrected chi connectivity index (χ3v) is 4.38. The van der Waals surface area contributed by atoms with Crippen molar-refractivity contribution >= 4 is 11.7 Å². The van der Waals surface area contributed by atoms with Crippen LogP contribution in [0.3, 0.4) is 0 Å². The molecule has 27 heavy (non-hydrogen) atoms. The van der Waals surface area contributed by atoms with Crippen LogP contribution in [0.5, 0.6) is 11.5 Å². The van der Waals surface area contributed by atoms with E-state index in [0.29, 0.717) is 6.54 Å². The number of nitrogens with zero attached hydrogens (tertiary/aromatic N) is 1. The van der Waals surface area contributed by atoms with E-state index in [0.717, 1.165) is 62.0 Å². The van der Waals surface area contributed by atoms with Crippen molar-refractivity contribution in [3.8, 4) is 11.5 Å². The molecule has 6 nitrogen and oxygen atoms in total. The molecule has 2 aromatic rings. The van der Waals surface area contributed by atoms with Crippen LogP contribution >= 0.6 is 0 Å². The van der Waals surface area contributed by atoms with Gasteiger partial charge < -0.3 is 20.1 Å². The van der Waals surface area contributed by atoms with Crippen molar-refractivity contribution in [3.63, 3.8) is 0 Å². The van der Waals surface area contributed by atoms with Crippen molar-refractivity contribution in [1.82, 2.24) is 10.2 Å². The fraction of sp³-hybridized carbons (Fsp3) is 0.381. The lowest BCUT2D eigenvalue weighted by Gasteiger charge is -2.26. The molecular weight excluding hydrogens is 342 g/mol. The standard InChI is InChI=1S/C21H27N3O3/c1-17-4-2-5-20(16-17)27-19-8-6-18(7-9-19)23-21(25)22-10-3-11-24-12-14-26-15-13-24/h2,4-9,16H,3,10-15H2,1H3,(H2,22,23,25). The Kier molecular flexibility index (Phi) is 7.07. The van der Waals surface area contributed by atoms with Gasteiger partial charge in [0.15, 0.2) is 0 Å². The molecule has 1 saturated heterocycles. The lowest BCUT2D eigenvalue weighted by atomic mass is 10.2. The first-order chi connectivity index (χ1) is 13.2. The highest BCUT2D eigenvalue weighted by Gasteiger charge is 2.09. The zero-order valence-corrected chi connectivity index (χ0v) is 15.7. The van der Waals surface area contributed by atoms with Gasteiger partial charge in [0.1, 0.15) is 11.5 Å². The monoisotopic (exact) mass is 369 g/mol. The second-order valence-electron chi connectivity index (χ2n) is 6.63. The second-order valence-corrected chi connectivity index (χ2v) is 6.63. The van der Waals surface area contributed by atoms with E-state index in [4.69, 9.17) is 9.47 Å². The van der Waals surface area contributed by atoms with E-state index >= 15 is 0 Å². The zero-order valence-electron chi connectivity index (χ0n) is 15.7. The Morgan fingerprint density at radius 2 is 1.89 bits per heavy atom. The van der Waals surface area contributed by atoms with Gasteiger partial charge >= 0.3 is 6.03 Å². The number of hydrogen-bond donors (Lipinski definition) is 2. The van der Waals surface area contributed by atoms with Crippen LogP contribution in [0.15, 0.2) is 48.5 Å². The van der Waals surface area contributed by atoms with Gasteiger partial charge in [-0.05, 0) is 61.9 Å². The Bertz CT molecular complexity index is 728. The van der Waals surface area contributed by atoms with Gasteiger partial charge in [-0.25, -0.2) is 4.79 Å². The second kappa shape index (κ2) is 9.94. The fourth-order valence-corrected chi connectivity index (χ4v) is 2.93. The van der Waals surface area contributed by atoms with Crippen LogP contribution < -0.4 is 15.4 Å². The Hall–Kier alpha value is -2.57. The van der Waals surface area contributed by atoms with E-state index in [-0.39, 0.29) is 6.03 Å². The molecule has 1 aliphatic rings. The summed E-state index contributed by atoms with van der Waals surface area (Å²) in [6.45, 7) is 7.22. The highest BCUT2D eigenvalue weighted by molar-refractivity contribution is 5.89. The van der Waals surface area contributed by atoms with Crippen molar-refractivity contribution in [2.75, 3.05) is 44.7 Å². The molecule has 3 rings (SSSR count). The lowest BCUT2D eigenvalue weighted by Crippen LogP contribution is -2.38. The predicted molar refractivity (Wildman–Crippen MR) is 107 cm³/mol. The number of rotatable bonds is 7. The smallest absolute Gasteiger partial charge is 0.319 e. The molecule has 1 fully saturated rings. The maximum Gasteiger partial charge on any atom is 0.319 e. The van der Waals surface area contributed by atoms with Gasteiger partial charge in [-0.15, -0.1) is 0 Å². The van der Waals surface area contributed by atoms with Gasteiger partial charge in [0.2, 0.25) is 0 Å².